The van der Waals surface area contributed by atoms with Gasteiger partial charge in [-0.1, -0.05) is 19.9 Å². The summed E-state index contributed by atoms with van der Waals surface area (Å²) in [5, 5.41) is 7.85. The molecule has 0 radical (unpaired) electrons. The van der Waals surface area contributed by atoms with Gasteiger partial charge in [-0.05, 0) is 37.5 Å². The predicted molar refractivity (Wildman–Crippen MR) is 75.3 cm³/mol. The molecule has 106 valence electrons. The Labute approximate surface area is 114 Å². The Morgan fingerprint density at radius 3 is 2.37 bits per heavy atom. The average molecular weight is 284 g/mol. The van der Waals surface area contributed by atoms with Crippen molar-refractivity contribution in [2.45, 2.75) is 38.5 Å². The minimum absolute atomic E-state index is 0.0369. The Morgan fingerprint density at radius 1 is 1.32 bits per heavy atom. The molecule has 1 aromatic carbocycles. The van der Waals surface area contributed by atoms with Gasteiger partial charge in [0.1, 0.15) is 0 Å². The van der Waals surface area contributed by atoms with E-state index in [1.165, 1.54) is 6.07 Å². The number of anilines is 1. The molecular weight excluding hydrogens is 264 g/mol. The lowest BCUT2D eigenvalue weighted by Gasteiger charge is -2.14. The fraction of sp³-hybridized carbons (Fsp3) is 0.462. The number of sulfonamides is 1. The molecule has 0 unspecified atom stereocenters. The normalized spacial score (nSPS) is 11.6. The van der Waals surface area contributed by atoms with Crippen molar-refractivity contribution in [2.75, 3.05) is 5.32 Å². The van der Waals surface area contributed by atoms with Crippen molar-refractivity contribution in [3.63, 3.8) is 0 Å². The van der Waals surface area contributed by atoms with Crippen LogP contribution in [0.5, 0.6) is 0 Å². The van der Waals surface area contributed by atoms with Crippen LogP contribution in [0.1, 0.15) is 32.3 Å². The maximum atomic E-state index is 11.9. The third-order valence-electron chi connectivity index (χ3n) is 3.12. The molecule has 0 saturated carbocycles. The van der Waals surface area contributed by atoms with Crippen LogP contribution < -0.4 is 10.5 Å². The van der Waals surface area contributed by atoms with Crippen molar-refractivity contribution in [2.24, 2.45) is 11.1 Å². The maximum Gasteiger partial charge on any atom is 0.238 e. The number of nitrogens with two attached hydrogens (primary N) is 1. The number of carbonyl (C=O) groups excluding carboxylic acids is 1. The van der Waals surface area contributed by atoms with E-state index in [2.05, 4.69) is 5.32 Å². The van der Waals surface area contributed by atoms with Gasteiger partial charge in [0.25, 0.3) is 0 Å². The molecule has 0 saturated heterocycles. The van der Waals surface area contributed by atoms with E-state index in [1.54, 1.807) is 19.1 Å². The second-order valence-corrected chi connectivity index (χ2v) is 6.06. The lowest BCUT2D eigenvalue weighted by atomic mass is 10.0. The molecular formula is C13H20N2O3S. The molecule has 19 heavy (non-hydrogen) atoms. The minimum atomic E-state index is -3.77. The highest BCUT2D eigenvalue weighted by molar-refractivity contribution is 7.89. The Morgan fingerprint density at radius 2 is 1.89 bits per heavy atom. The monoisotopic (exact) mass is 284 g/mol. The van der Waals surface area contributed by atoms with Gasteiger partial charge in [0.05, 0.1) is 4.90 Å². The Hall–Kier alpha value is -1.40. The van der Waals surface area contributed by atoms with Crippen LogP contribution in [0, 0.1) is 12.8 Å². The minimum Gasteiger partial charge on any atom is -0.326 e. The van der Waals surface area contributed by atoms with Gasteiger partial charge in [0.2, 0.25) is 15.9 Å². The second-order valence-electron chi connectivity index (χ2n) is 4.53. The first-order valence-corrected chi connectivity index (χ1v) is 7.78. The number of hydrogen-bond donors (Lipinski definition) is 2. The maximum absolute atomic E-state index is 11.9. The van der Waals surface area contributed by atoms with Gasteiger partial charge in [-0.2, -0.15) is 0 Å². The molecule has 1 amide bonds. The van der Waals surface area contributed by atoms with Crippen molar-refractivity contribution in [3.05, 3.63) is 23.8 Å². The second kappa shape index (κ2) is 6.16. The molecule has 1 rings (SSSR count). The molecule has 0 aliphatic carbocycles. The van der Waals surface area contributed by atoms with Crippen molar-refractivity contribution in [3.8, 4) is 0 Å². The molecule has 3 N–H and O–H groups in total. The zero-order chi connectivity index (χ0) is 14.6. The highest BCUT2D eigenvalue weighted by Crippen LogP contribution is 2.20. The summed E-state index contributed by atoms with van der Waals surface area (Å²) < 4.78 is 22.8. The zero-order valence-corrected chi connectivity index (χ0v) is 12.3. The first kappa shape index (κ1) is 15.7. The number of hydrogen-bond acceptors (Lipinski definition) is 3. The van der Waals surface area contributed by atoms with Crippen LogP contribution in [0.15, 0.2) is 23.1 Å². The molecule has 0 bridgehead atoms. The largest absolute Gasteiger partial charge is 0.326 e. The Balaban J connectivity index is 3.01. The fourth-order valence-corrected chi connectivity index (χ4v) is 2.70. The van der Waals surface area contributed by atoms with Crippen LogP contribution in [0.2, 0.25) is 0 Å². The number of nitrogens with one attached hydrogen (secondary N) is 1. The van der Waals surface area contributed by atoms with Gasteiger partial charge in [0, 0.05) is 11.6 Å². The summed E-state index contributed by atoms with van der Waals surface area (Å²) in [6, 6.07) is 4.69. The number of primary sulfonamides is 1. The topological polar surface area (TPSA) is 89.3 Å². The van der Waals surface area contributed by atoms with E-state index in [4.69, 9.17) is 5.14 Å². The van der Waals surface area contributed by atoms with E-state index in [9.17, 15) is 13.2 Å². The third kappa shape index (κ3) is 4.04. The van der Waals surface area contributed by atoms with Gasteiger partial charge in [0.15, 0.2) is 0 Å². The van der Waals surface area contributed by atoms with Crippen LogP contribution in [0.25, 0.3) is 0 Å². The van der Waals surface area contributed by atoms with E-state index < -0.39 is 10.0 Å². The quantitative estimate of drug-likeness (QED) is 0.866. The predicted octanol–water partition coefficient (Wildman–Crippen LogP) is 2.02. The van der Waals surface area contributed by atoms with Crippen LogP contribution >= 0.6 is 0 Å². The summed E-state index contributed by atoms with van der Waals surface area (Å²) in [6.45, 7) is 5.55. The van der Waals surface area contributed by atoms with E-state index >= 15 is 0 Å². The first-order chi connectivity index (χ1) is 8.79. The zero-order valence-electron chi connectivity index (χ0n) is 11.4. The smallest absolute Gasteiger partial charge is 0.238 e. The molecule has 0 spiro atoms. The van der Waals surface area contributed by atoms with Crippen LogP contribution in [-0.2, 0) is 14.8 Å². The number of amides is 1. The Bertz CT molecular complexity index is 563. The van der Waals surface area contributed by atoms with Crippen LogP contribution in [0.4, 0.5) is 5.69 Å². The Kier molecular flexibility index (Phi) is 5.08. The molecule has 0 fully saturated rings. The lowest BCUT2D eigenvalue weighted by molar-refractivity contribution is -0.120. The summed E-state index contributed by atoms with van der Waals surface area (Å²) in [7, 11) is -3.77. The number of carbonyl (C=O) groups is 1. The number of aryl methyl sites for hydroxylation is 1. The highest BCUT2D eigenvalue weighted by atomic mass is 32.2. The molecule has 6 heteroatoms. The third-order valence-corrected chi connectivity index (χ3v) is 4.17. The lowest BCUT2D eigenvalue weighted by Crippen LogP contribution is -2.22. The summed E-state index contributed by atoms with van der Waals surface area (Å²) >= 11 is 0. The fourth-order valence-electron chi connectivity index (χ4n) is 1.89. The van der Waals surface area contributed by atoms with Gasteiger partial charge in [-0.15, -0.1) is 0 Å². The van der Waals surface area contributed by atoms with Gasteiger partial charge < -0.3 is 5.32 Å². The summed E-state index contributed by atoms with van der Waals surface area (Å²) in [5.74, 6) is -0.173. The summed E-state index contributed by atoms with van der Waals surface area (Å²) in [4.78, 5) is 12.0. The number of benzene rings is 1. The molecule has 0 aliphatic rings. The molecule has 5 nitrogen and oxygen atoms in total. The van der Waals surface area contributed by atoms with E-state index in [0.29, 0.717) is 11.3 Å². The van der Waals surface area contributed by atoms with Gasteiger partial charge in [-0.3, -0.25) is 4.79 Å². The van der Waals surface area contributed by atoms with Crippen molar-refractivity contribution in [1.82, 2.24) is 0 Å². The van der Waals surface area contributed by atoms with Crippen molar-refractivity contribution in [1.29, 1.82) is 0 Å². The number of rotatable bonds is 5. The van der Waals surface area contributed by atoms with Gasteiger partial charge >= 0.3 is 0 Å². The van der Waals surface area contributed by atoms with Crippen LogP contribution in [0.3, 0.4) is 0 Å². The van der Waals surface area contributed by atoms with E-state index in [-0.39, 0.29) is 16.7 Å². The van der Waals surface area contributed by atoms with E-state index in [0.717, 1.165) is 12.8 Å². The highest BCUT2D eigenvalue weighted by Gasteiger charge is 2.16. The molecule has 0 aromatic heterocycles. The van der Waals surface area contributed by atoms with E-state index in [1.807, 2.05) is 13.8 Å². The molecule has 0 atom stereocenters. The average Bonchev–Trinajstić information content (AvgIpc) is 2.31. The first-order valence-electron chi connectivity index (χ1n) is 6.23. The SMILES string of the molecule is CCC(CC)C(=O)Nc1ccc(C)c(S(N)(=O)=O)c1. The van der Waals surface area contributed by atoms with Gasteiger partial charge in [-0.25, -0.2) is 13.6 Å². The van der Waals surface area contributed by atoms with Crippen molar-refractivity contribution >= 4 is 21.6 Å². The summed E-state index contributed by atoms with van der Waals surface area (Å²) in [5.41, 5.74) is 1.01. The van der Waals surface area contributed by atoms with Crippen LogP contribution in [-0.4, -0.2) is 14.3 Å². The molecule has 0 heterocycles. The summed E-state index contributed by atoms with van der Waals surface area (Å²) in [6.07, 6.45) is 1.49. The standard InChI is InChI=1S/C13H20N2O3S/c1-4-10(5-2)13(16)15-11-7-6-9(3)12(8-11)19(14,17)18/h6-8,10H,4-5H2,1-3H3,(H,15,16)(H2,14,17,18). The van der Waals surface area contributed by atoms with Crippen molar-refractivity contribution < 1.29 is 13.2 Å². The molecule has 1 aromatic rings. The molecule has 0 aliphatic heterocycles.